The first-order valence-electron chi connectivity index (χ1n) is 4.61. The second kappa shape index (κ2) is 4.25. The molecule has 2 rings (SSSR count). The molecule has 0 unspecified atom stereocenters. The van der Waals surface area contributed by atoms with Crippen molar-refractivity contribution in [3.63, 3.8) is 0 Å². The number of hydrogen-bond donors (Lipinski definition) is 1. The van der Waals surface area contributed by atoms with E-state index in [1.54, 1.807) is 13.0 Å². The van der Waals surface area contributed by atoms with Gasteiger partial charge >= 0.3 is 5.97 Å². The van der Waals surface area contributed by atoms with Gasteiger partial charge in [-0.1, -0.05) is 5.21 Å². The van der Waals surface area contributed by atoms with Crippen molar-refractivity contribution in [2.45, 2.75) is 6.92 Å². The van der Waals surface area contributed by atoms with E-state index < -0.39 is 11.8 Å². The monoisotopic (exact) mass is 299 g/mol. The molecule has 0 spiro atoms. The zero-order valence-electron chi connectivity index (χ0n) is 8.69. The lowest BCUT2D eigenvalue weighted by Gasteiger charge is -2.03. The molecule has 0 aliphatic heterocycles. The Labute approximate surface area is 104 Å². The highest BCUT2D eigenvalue weighted by Crippen LogP contribution is 2.19. The van der Waals surface area contributed by atoms with Gasteiger partial charge in [-0.15, -0.1) is 5.10 Å². The molecule has 0 aliphatic rings. The van der Waals surface area contributed by atoms with Crippen LogP contribution in [0.2, 0.25) is 0 Å². The quantitative estimate of drug-likeness (QED) is 0.923. The van der Waals surface area contributed by atoms with E-state index in [9.17, 15) is 9.18 Å². The SMILES string of the molecule is Cc1c(C(=O)O)nnn1-c1ccc(Br)c(F)c1. The number of aromatic nitrogens is 3. The van der Waals surface area contributed by atoms with Crippen molar-refractivity contribution in [3.8, 4) is 5.69 Å². The molecule has 0 atom stereocenters. The molecule has 1 heterocycles. The van der Waals surface area contributed by atoms with Gasteiger partial charge in [-0.05, 0) is 35.0 Å². The van der Waals surface area contributed by atoms with Crippen molar-refractivity contribution in [2.75, 3.05) is 0 Å². The molecular weight excluding hydrogens is 293 g/mol. The maximum atomic E-state index is 13.3. The summed E-state index contributed by atoms with van der Waals surface area (Å²) in [7, 11) is 0. The fraction of sp³-hybridized carbons (Fsp3) is 0.100. The van der Waals surface area contributed by atoms with Crippen LogP contribution in [-0.2, 0) is 0 Å². The molecule has 2 aromatic rings. The Kier molecular flexibility index (Phi) is 2.93. The number of rotatable bonds is 2. The molecule has 0 fully saturated rings. The number of halogens is 2. The zero-order valence-corrected chi connectivity index (χ0v) is 10.3. The molecule has 1 N–H and O–H groups in total. The van der Waals surface area contributed by atoms with Gasteiger partial charge in [-0.3, -0.25) is 0 Å². The maximum absolute atomic E-state index is 13.3. The Morgan fingerprint density at radius 1 is 1.53 bits per heavy atom. The Morgan fingerprint density at radius 2 is 2.24 bits per heavy atom. The highest BCUT2D eigenvalue weighted by Gasteiger charge is 2.16. The van der Waals surface area contributed by atoms with Crippen LogP contribution >= 0.6 is 15.9 Å². The molecule has 1 aromatic carbocycles. The number of carbonyl (C=O) groups is 1. The standard InChI is InChI=1S/C10H7BrFN3O2/c1-5-9(10(16)17)13-14-15(5)6-2-3-7(11)8(12)4-6/h2-4H,1H3,(H,16,17). The van der Waals surface area contributed by atoms with E-state index in [1.165, 1.54) is 16.8 Å². The Balaban J connectivity index is 2.53. The third-order valence-electron chi connectivity index (χ3n) is 2.24. The van der Waals surface area contributed by atoms with Gasteiger partial charge in [0.25, 0.3) is 0 Å². The molecule has 17 heavy (non-hydrogen) atoms. The maximum Gasteiger partial charge on any atom is 0.358 e. The van der Waals surface area contributed by atoms with E-state index in [0.717, 1.165) is 0 Å². The number of benzene rings is 1. The van der Waals surface area contributed by atoms with Gasteiger partial charge in [-0.2, -0.15) is 0 Å². The van der Waals surface area contributed by atoms with E-state index in [2.05, 4.69) is 26.2 Å². The highest BCUT2D eigenvalue weighted by atomic mass is 79.9. The summed E-state index contributed by atoms with van der Waals surface area (Å²) >= 11 is 3.03. The van der Waals surface area contributed by atoms with Crippen molar-refractivity contribution < 1.29 is 14.3 Å². The van der Waals surface area contributed by atoms with Crippen molar-refractivity contribution in [3.05, 3.63) is 39.9 Å². The minimum absolute atomic E-state index is 0.145. The Hall–Kier alpha value is -1.76. The van der Waals surface area contributed by atoms with Crippen LogP contribution in [0.3, 0.4) is 0 Å². The Morgan fingerprint density at radius 3 is 2.76 bits per heavy atom. The average molecular weight is 300 g/mol. The number of hydrogen-bond acceptors (Lipinski definition) is 3. The van der Waals surface area contributed by atoms with Gasteiger partial charge in [0.15, 0.2) is 5.69 Å². The van der Waals surface area contributed by atoms with E-state index in [-0.39, 0.29) is 5.69 Å². The van der Waals surface area contributed by atoms with E-state index in [1.807, 2.05) is 0 Å². The van der Waals surface area contributed by atoms with Crippen LogP contribution in [0.5, 0.6) is 0 Å². The predicted octanol–water partition coefficient (Wildman–Crippen LogP) is 2.18. The summed E-state index contributed by atoms with van der Waals surface area (Å²) in [6.07, 6.45) is 0. The molecule has 7 heteroatoms. The topological polar surface area (TPSA) is 68.0 Å². The molecular formula is C10H7BrFN3O2. The van der Waals surface area contributed by atoms with Gasteiger partial charge in [0.2, 0.25) is 0 Å². The molecule has 0 saturated carbocycles. The van der Waals surface area contributed by atoms with Crippen LogP contribution in [0, 0.1) is 12.7 Å². The summed E-state index contributed by atoms with van der Waals surface area (Å²) in [4.78, 5) is 10.8. The van der Waals surface area contributed by atoms with Gasteiger partial charge in [0.1, 0.15) is 5.82 Å². The lowest BCUT2D eigenvalue weighted by molar-refractivity contribution is 0.0689. The molecule has 0 amide bonds. The molecule has 5 nitrogen and oxygen atoms in total. The molecule has 0 radical (unpaired) electrons. The highest BCUT2D eigenvalue weighted by molar-refractivity contribution is 9.10. The first-order chi connectivity index (χ1) is 8.00. The summed E-state index contributed by atoms with van der Waals surface area (Å²) in [5, 5.41) is 16.0. The summed E-state index contributed by atoms with van der Waals surface area (Å²) in [6, 6.07) is 4.38. The van der Waals surface area contributed by atoms with Crippen LogP contribution < -0.4 is 0 Å². The predicted molar refractivity (Wildman–Crippen MR) is 60.7 cm³/mol. The molecule has 0 bridgehead atoms. The molecule has 0 aliphatic carbocycles. The molecule has 88 valence electrons. The lowest BCUT2D eigenvalue weighted by atomic mass is 10.3. The first kappa shape index (κ1) is 11.7. The van der Waals surface area contributed by atoms with E-state index in [4.69, 9.17) is 5.11 Å². The van der Waals surface area contributed by atoms with E-state index >= 15 is 0 Å². The second-order valence-corrected chi connectivity index (χ2v) is 4.19. The van der Waals surface area contributed by atoms with Gasteiger partial charge in [-0.25, -0.2) is 13.9 Å². The molecule has 0 saturated heterocycles. The third-order valence-corrected chi connectivity index (χ3v) is 2.89. The summed E-state index contributed by atoms with van der Waals surface area (Å²) < 4.78 is 14.9. The van der Waals surface area contributed by atoms with Crippen LogP contribution in [0.1, 0.15) is 16.2 Å². The lowest BCUT2D eigenvalue weighted by Crippen LogP contribution is -2.03. The summed E-state index contributed by atoms with van der Waals surface area (Å²) in [5.74, 6) is -1.61. The fourth-order valence-corrected chi connectivity index (χ4v) is 1.64. The number of carboxylic acid groups (broad SMARTS) is 1. The normalized spacial score (nSPS) is 10.5. The third kappa shape index (κ3) is 2.05. The van der Waals surface area contributed by atoms with Crippen LogP contribution in [0.15, 0.2) is 22.7 Å². The average Bonchev–Trinajstić information content (AvgIpc) is 2.64. The van der Waals surface area contributed by atoms with Crippen molar-refractivity contribution in [1.29, 1.82) is 0 Å². The van der Waals surface area contributed by atoms with Gasteiger partial charge < -0.3 is 5.11 Å². The van der Waals surface area contributed by atoms with Crippen LogP contribution in [0.25, 0.3) is 5.69 Å². The minimum atomic E-state index is -1.16. The van der Waals surface area contributed by atoms with Crippen LogP contribution in [-0.4, -0.2) is 26.1 Å². The number of carboxylic acids is 1. The summed E-state index contributed by atoms with van der Waals surface area (Å²) in [5.41, 5.74) is 0.621. The second-order valence-electron chi connectivity index (χ2n) is 3.34. The van der Waals surface area contributed by atoms with Gasteiger partial charge in [0.05, 0.1) is 15.9 Å². The van der Waals surface area contributed by atoms with Crippen molar-refractivity contribution in [1.82, 2.24) is 15.0 Å². The van der Waals surface area contributed by atoms with E-state index in [0.29, 0.717) is 15.9 Å². The minimum Gasteiger partial charge on any atom is -0.476 e. The van der Waals surface area contributed by atoms with Gasteiger partial charge in [0, 0.05) is 6.07 Å². The summed E-state index contributed by atoms with van der Waals surface area (Å²) in [6.45, 7) is 1.56. The zero-order chi connectivity index (χ0) is 12.6. The Bertz CT molecular complexity index is 597. The fourth-order valence-electron chi connectivity index (χ4n) is 1.39. The van der Waals surface area contributed by atoms with Crippen LogP contribution in [0.4, 0.5) is 4.39 Å². The van der Waals surface area contributed by atoms with Crippen molar-refractivity contribution in [2.24, 2.45) is 0 Å². The largest absolute Gasteiger partial charge is 0.476 e. The number of nitrogens with zero attached hydrogens (tertiary/aromatic N) is 3. The number of aromatic carboxylic acids is 1. The van der Waals surface area contributed by atoms with Crippen molar-refractivity contribution >= 4 is 21.9 Å². The smallest absolute Gasteiger partial charge is 0.358 e. The first-order valence-corrected chi connectivity index (χ1v) is 5.41. The molecule has 1 aromatic heterocycles.